The topological polar surface area (TPSA) is 50.4 Å². The van der Waals surface area contributed by atoms with Crippen molar-refractivity contribution in [1.82, 2.24) is 5.32 Å². The molecule has 0 saturated carbocycles. The molecule has 0 saturated heterocycles. The van der Waals surface area contributed by atoms with Crippen LogP contribution in [0.1, 0.15) is 22.3 Å². The van der Waals surface area contributed by atoms with Gasteiger partial charge in [-0.1, -0.05) is 18.2 Å². The average molecular weight is 312 g/mol. The van der Waals surface area contributed by atoms with Crippen molar-refractivity contribution in [3.8, 4) is 5.75 Å². The first-order valence-electron chi connectivity index (χ1n) is 7.78. The van der Waals surface area contributed by atoms with Crippen LogP contribution in [0.3, 0.4) is 0 Å². The summed E-state index contributed by atoms with van der Waals surface area (Å²) < 4.78 is 5.75. The number of amides is 2. The second-order valence-electron chi connectivity index (χ2n) is 5.80. The Morgan fingerprint density at radius 1 is 1.00 bits per heavy atom. The minimum absolute atomic E-state index is 0.226. The number of benzene rings is 2. The summed E-state index contributed by atoms with van der Waals surface area (Å²) in [6.07, 6.45) is 0. The maximum absolute atomic E-state index is 11.8. The van der Waals surface area contributed by atoms with Crippen molar-refractivity contribution in [2.75, 3.05) is 18.5 Å². The van der Waals surface area contributed by atoms with Crippen molar-refractivity contribution < 1.29 is 9.53 Å². The molecule has 0 fully saturated rings. The largest absolute Gasteiger partial charge is 0.491 e. The molecule has 0 aliphatic carbocycles. The van der Waals surface area contributed by atoms with Crippen LogP contribution >= 0.6 is 0 Å². The summed E-state index contributed by atoms with van der Waals surface area (Å²) >= 11 is 0. The fourth-order valence-electron chi connectivity index (χ4n) is 2.31. The number of carbonyl (C=O) groups is 1. The number of hydrogen-bond donors (Lipinski definition) is 2. The molecule has 4 nitrogen and oxygen atoms in total. The van der Waals surface area contributed by atoms with Gasteiger partial charge in [0.05, 0.1) is 6.54 Å². The molecule has 0 heterocycles. The molecule has 0 spiro atoms. The van der Waals surface area contributed by atoms with Gasteiger partial charge in [-0.3, -0.25) is 0 Å². The number of urea groups is 1. The van der Waals surface area contributed by atoms with E-state index in [9.17, 15) is 4.79 Å². The Kier molecular flexibility index (Phi) is 5.63. The van der Waals surface area contributed by atoms with Crippen LogP contribution in [0.25, 0.3) is 0 Å². The van der Waals surface area contributed by atoms with Gasteiger partial charge in [0.25, 0.3) is 0 Å². The van der Waals surface area contributed by atoms with Gasteiger partial charge in [0.2, 0.25) is 0 Å². The minimum atomic E-state index is -0.226. The molecule has 122 valence electrons. The zero-order chi connectivity index (χ0) is 16.8. The number of nitrogens with one attached hydrogen (secondary N) is 2. The number of hydrogen-bond acceptors (Lipinski definition) is 2. The van der Waals surface area contributed by atoms with E-state index in [0.29, 0.717) is 13.2 Å². The molecule has 0 unspecified atom stereocenters. The maximum atomic E-state index is 11.8. The third-order valence-corrected chi connectivity index (χ3v) is 3.71. The van der Waals surface area contributed by atoms with Crippen LogP contribution < -0.4 is 15.4 Å². The maximum Gasteiger partial charge on any atom is 0.319 e. The molecule has 2 N–H and O–H groups in total. The van der Waals surface area contributed by atoms with Crippen LogP contribution in [0.5, 0.6) is 5.75 Å². The van der Waals surface area contributed by atoms with Gasteiger partial charge in [-0.05, 0) is 68.1 Å². The first kappa shape index (κ1) is 16.9. The van der Waals surface area contributed by atoms with E-state index in [2.05, 4.69) is 30.5 Å². The Morgan fingerprint density at radius 2 is 1.74 bits per heavy atom. The molecule has 0 radical (unpaired) electrons. The van der Waals surface area contributed by atoms with E-state index in [1.807, 2.05) is 44.2 Å². The summed E-state index contributed by atoms with van der Waals surface area (Å²) in [6, 6.07) is 11.6. The van der Waals surface area contributed by atoms with Gasteiger partial charge >= 0.3 is 6.03 Å². The lowest BCUT2D eigenvalue weighted by molar-refractivity contribution is 0.247. The molecule has 0 atom stereocenters. The van der Waals surface area contributed by atoms with E-state index in [1.54, 1.807) is 0 Å². The predicted molar refractivity (Wildman–Crippen MR) is 94.3 cm³/mol. The summed E-state index contributed by atoms with van der Waals surface area (Å²) in [6.45, 7) is 9.05. The minimum Gasteiger partial charge on any atom is -0.491 e. The van der Waals surface area contributed by atoms with Crippen LogP contribution in [0.4, 0.5) is 10.5 Å². The molecular weight excluding hydrogens is 288 g/mol. The molecule has 4 heteroatoms. The summed E-state index contributed by atoms with van der Waals surface area (Å²) in [4.78, 5) is 11.8. The summed E-state index contributed by atoms with van der Waals surface area (Å²) in [5, 5.41) is 5.60. The van der Waals surface area contributed by atoms with Crippen molar-refractivity contribution in [2.24, 2.45) is 0 Å². The van der Waals surface area contributed by atoms with Gasteiger partial charge in [-0.25, -0.2) is 4.79 Å². The highest BCUT2D eigenvalue weighted by atomic mass is 16.5. The Hall–Kier alpha value is -2.49. The van der Waals surface area contributed by atoms with Gasteiger partial charge in [-0.2, -0.15) is 0 Å². The molecule has 2 amide bonds. The second kappa shape index (κ2) is 7.68. The van der Waals surface area contributed by atoms with Crippen LogP contribution in [0, 0.1) is 27.7 Å². The van der Waals surface area contributed by atoms with Gasteiger partial charge in [0.15, 0.2) is 0 Å². The van der Waals surface area contributed by atoms with Gasteiger partial charge < -0.3 is 15.4 Å². The molecule has 2 aromatic rings. The summed E-state index contributed by atoms with van der Waals surface area (Å²) in [5.74, 6) is 0.869. The van der Waals surface area contributed by atoms with E-state index in [-0.39, 0.29) is 6.03 Å². The molecule has 0 bridgehead atoms. The SMILES string of the molecule is Cc1cccc(NC(=O)NCCOc2cc(C)c(C)cc2C)c1. The fraction of sp³-hybridized carbons (Fsp3) is 0.316. The molecule has 0 aliphatic heterocycles. The fourth-order valence-corrected chi connectivity index (χ4v) is 2.31. The zero-order valence-electron chi connectivity index (χ0n) is 14.2. The number of carbonyl (C=O) groups excluding carboxylic acids is 1. The highest BCUT2D eigenvalue weighted by molar-refractivity contribution is 5.89. The Balaban J connectivity index is 1.77. The molecule has 23 heavy (non-hydrogen) atoms. The monoisotopic (exact) mass is 312 g/mol. The van der Waals surface area contributed by atoms with Crippen molar-refractivity contribution in [1.29, 1.82) is 0 Å². The molecule has 0 aliphatic rings. The normalized spacial score (nSPS) is 10.3. The standard InChI is InChI=1S/C19H24N2O2/c1-13-6-5-7-17(10-13)21-19(22)20-8-9-23-18-12-15(3)14(2)11-16(18)4/h5-7,10-12H,8-9H2,1-4H3,(H2,20,21,22). The van der Waals surface area contributed by atoms with Gasteiger partial charge in [0.1, 0.15) is 12.4 Å². The highest BCUT2D eigenvalue weighted by Crippen LogP contribution is 2.22. The van der Waals surface area contributed by atoms with E-state index in [0.717, 1.165) is 22.6 Å². The average Bonchev–Trinajstić information content (AvgIpc) is 2.48. The highest BCUT2D eigenvalue weighted by Gasteiger charge is 2.04. The van der Waals surface area contributed by atoms with E-state index in [1.165, 1.54) is 11.1 Å². The number of ether oxygens (including phenoxy) is 1. The third kappa shape index (κ3) is 5.02. The summed E-state index contributed by atoms with van der Waals surface area (Å²) in [5.41, 5.74) is 5.46. The van der Waals surface area contributed by atoms with Crippen molar-refractivity contribution in [2.45, 2.75) is 27.7 Å². The lowest BCUT2D eigenvalue weighted by Gasteiger charge is -2.12. The first-order chi connectivity index (χ1) is 11.0. The molecule has 0 aromatic heterocycles. The van der Waals surface area contributed by atoms with Crippen molar-refractivity contribution in [3.63, 3.8) is 0 Å². The zero-order valence-corrected chi connectivity index (χ0v) is 14.2. The lowest BCUT2D eigenvalue weighted by atomic mass is 10.1. The lowest BCUT2D eigenvalue weighted by Crippen LogP contribution is -2.32. The van der Waals surface area contributed by atoms with Crippen LogP contribution in [0.15, 0.2) is 36.4 Å². The Labute approximate surface area is 137 Å². The van der Waals surface area contributed by atoms with E-state index < -0.39 is 0 Å². The van der Waals surface area contributed by atoms with Crippen molar-refractivity contribution >= 4 is 11.7 Å². The Morgan fingerprint density at radius 3 is 2.48 bits per heavy atom. The molecule has 2 rings (SSSR count). The number of rotatable bonds is 5. The quantitative estimate of drug-likeness (QED) is 0.816. The predicted octanol–water partition coefficient (Wildman–Crippen LogP) is 4.12. The second-order valence-corrected chi connectivity index (χ2v) is 5.80. The van der Waals surface area contributed by atoms with Crippen LogP contribution in [-0.4, -0.2) is 19.2 Å². The van der Waals surface area contributed by atoms with E-state index >= 15 is 0 Å². The Bertz CT molecular complexity index is 696. The van der Waals surface area contributed by atoms with Gasteiger partial charge in [0, 0.05) is 5.69 Å². The number of anilines is 1. The van der Waals surface area contributed by atoms with Gasteiger partial charge in [-0.15, -0.1) is 0 Å². The van der Waals surface area contributed by atoms with E-state index in [4.69, 9.17) is 4.74 Å². The van der Waals surface area contributed by atoms with Crippen molar-refractivity contribution in [3.05, 3.63) is 58.7 Å². The first-order valence-corrected chi connectivity index (χ1v) is 7.78. The molecule has 2 aromatic carbocycles. The summed E-state index contributed by atoms with van der Waals surface area (Å²) in [7, 11) is 0. The van der Waals surface area contributed by atoms with Crippen LogP contribution in [-0.2, 0) is 0 Å². The number of aryl methyl sites for hydroxylation is 4. The smallest absolute Gasteiger partial charge is 0.319 e. The third-order valence-electron chi connectivity index (χ3n) is 3.71. The molecular formula is C19H24N2O2. The van der Waals surface area contributed by atoms with Crippen LogP contribution in [0.2, 0.25) is 0 Å².